The number of ether oxygens (including phenoxy) is 2. The fourth-order valence-electron chi connectivity index (χ4n) is 3.80. The van der Waals surface area contributed by atoms with E-state index in [1.54, 1.807) is 7.11 Å². The van der Waals surface area contributed by atoms with Crippen LogP contribution < -0.4 is 14.8 Å². The predicted octanol–water partition coefficient (Wildman–Crippen LogP) is 4.98. The molecule has 28 heavy (non-hydrogen) atoms. The van der Waals surface area contributed by atoms with Gasteiger partial charge in [0.1, 0.15) is 17.2 Å². The molecule has 0 bridgehead atoms. The van der Waals surface area contributed by atoms with Gasteiger partial charge in [0.05, 0.1) is 13.2 Å². The highest BCUT2D eigenvalue weighted by Crippen LogP contribution is 2.31. The normalized spacial score (nSPS) is 21.8. The monoisotopic (exact) mass is 405 g/mol. The number of rotatable bonds is 6. The van der Waals surface area contributed by atoms with Crippen molar-refractivity contribution in [3.05, 3.63) is 54.1 Å². The Kier molecular flexibility index (Phi) is 7.76. The summed E-state index contributed by atoms with van der Waals surface area (Å²) in [6.07, 6.45) is 2.61. The molecular formula is C23H32ClNO3. The largest absolute Gasteiger partial charge is 0.497 e. The van der Waals surface area contributed by atoms with Crippen LogP contribution in [0.3, 0.4) is 0 Å². The minimum atomic E-state index is -0.257. The lowest BCUT2D eigenvalue weighted by molar-refractivity contribution is 0.133. The van der Waals surface area contributed by atoms with Gasteiger partial charge < -0.3 is 19.9 Å². The fourth-order valence-corrected chi connectivity index (χ4v) is 3.80. The van der Waals surface area contributed by atoms with Crippen molar-refractivity contribution in [3.8, 4) is 17.2 Å². The van der Waals surface area contributed by atoms with Gasteiger partial charge in [-0.15, -0.1) is 12.4 Å². The van der Waals surface area contributed by atoms with Gasteiger partial charge >= 0.3 is 0 Å². The van der Waals surface area contributed by atoms with E-state index >= 15 is 0 Å². The summed E-state index contributed by atoms with van der Waals surface area (Å²) in [5.41, 5.74) is 1.31. The highest BCUT2D eigenvalue weighted by atomic mass is 35.5. The number of aliphatic hydroxyl groups is 1. The predicted molar refractivity (Wildman–Crippen MR) is 116 cm³/mol. The van der Waals surface area contributed by atoms with E-state index < -0.39 is 0 Å². The van der Waals surface area contributed by atoms with Crippen LogP contribution in [0.4, 0.5) is 0 Å². The zero-order valence-electron chi connectivity index (χ0n) is 17.1. The zero-order valence-corrected chi connectivity index (χ0v) is 18.0. The Hall–Kier alpha value is -1.75. The summed E-state index contributed by atoms with van der Waals surface area (Å²) in [4.78, 5) is 0. The summed E-state index contributed by atoms with van der Waals surface area (Å²) < 4.78 is 11.0. The minimum Gasteiger partial charge on any atom is -0.497 e. The van der Waals surface area contributed by atoms with Crippen LogP contribution in [0.25, 0.3) is 0 Å². The van der Waals surface area contributed by atoms with Crippen molar-refractivity contribution in [2.45, 2.75) is 57.7 Å². The van der Waals surface area contributed by atoms with Crippen LogP contribution in [0, 0.1) is 5.92 Å². The van der Waals surface area contributed by atoms with Crippen molar-refractivity contribution in [1.82, 2.24) is 5.32 Å². The molecule has 0 radical (unpaired) electrons. The van der Waals surface area contributed by atoms with Gasteiger partial charge in [-0.2, -0.15) is 0 Å². The van der Waals surface area contributed by atoms with Crippen molar-refractivity contribution < 1.29 is 14.6 Å². The summed E-state index contributed by atoms with van der Waals surface area (Å²) in [5.74, 6) is 2.94. The molecule has 2 aromatic carbocycles. The fraction of sp³-hybridized carbons (Fsp3) is 0.478. The highest BCUT2D eigenvalue weighted by Gasteiger charge is 2.34. The molecule has 0 amide bonds. The van der Waals surface area contributed by atoms with Gasteiger partial charge in [0.25, 0.3) is 0 Å². The second-order valence-corrected chi connectivity index (χ2v) is 8.53. The minimum absolute atomic E-state index is 0. The summed E-state index contributed by atoms with van der Waals surface area (Å²) in [6.45, 7) is 6.44. The van der Waals surface area contributed by atoms with Gasteiger partial charge in [0.15, 0.2) is 0 Å². The van der Waals surface area contributed by atoms with Gasteiger partial charge in [-0.05, 0) is 87.9 Å². The summed E-state index contributed by atoms with van der Waals surface area (Å²) in [5, 5.41) is 13.9. The first-order valence-corrected chi connectivity index (χ1v) is 9.69. The molecule has 3 rings (SSSR count). The standard InChI is InChI=1S/C23H31NO3.ClH/c1-23(2,3)24-21-14-17(15-22(21)25)13-16-5-7-19(8-6-16)27-20-11-9-18(26-4)10-12-20;/h5-12,17,21-22,24-25H,13-15H2,1-4H3;1H. The lowest BCUT2D eigenvalue weighted by atomic mass is 9.97. The molecule has 2 N–H and O–H groups in total. The van der Waals surface area contributed by atoms with Gasteiger partial charge in [0.2, 0.25) is 0 Å². The van der Waals surface area contributed by atoms with Crippen LogP contribution in [0.5, 0.6) is 17.2 Å². The zero-order chi connectivity index (χ0) is 19.4. The van der Waals surface area contributed by atoms with E-state index in [1.807, 2.05) is 36.4 Å². The number of halogens is 1. The summed E-state index contributed by atoms with van der Waals surface area (Å²) >= 11 is 0. The number of nitrogens with one attached hydrogen (secondary N) is 1. The van der Waals surface area contributed by atoms with E-state index in [0.717, 1.165) is 36.5 Å². The quantitative estimate of drug-likeness (QED) is 0.711. The molecule has 1 aliphatic rings. The molecule has 0 spiro atoms. The second-order valence-electron chi connectivity index (χ2n) is 8.53. The Balaban J connectivity index is 0.00000280. The van der Waals surface area contributed by atoms with Gasteiger partial charge in [-0.25, -0.2) is 0 Å². The van der Waals surface area contributed by atoms with Crippen LogP contribution >= 0.6 is 12.4 Å². The molecule has 0 heterocycles. The molecule has 5 heteroatoms. The summed E-state index contributed by atoms with van der Waals surface area (Å²) in [7, 11) is 1.65. The number of hydrogen-bond donors (Lipinski definition) is 2. The lowest BCUT2D eigenvalue weighted by Gasteiger charge is -2.27. The van der Waals surface area contributed by atoms with E-state index in [-0.39, 0.29) is 30.1 Å². The van der Waals surface area contributed by atoms with Crippen LogP contribution in [-0.2, 0) is 6.42 Å². The molecule has 3 unspecified atom stereocenters. The molecule has 3 atom stereocenters. The van der Waals surface area contributed by atoms with Gasteiger partial charge in [-0.1, -0.05) is 12.1 Å². The van der Waals surface area contributed by atoms with Crippen LogP contribution in [-0.4, -0.2) is 29.9 Å². The maximum absolute atomic E-state index is 10.4. The number of aliphatic hydroxyl groups excluding tert-OH is 1. The van der Waals surface area contributed by atoms with E-state index in [2.05, 4.69) is 38.2 Å². The Morgan fingerprint density at radius 3 is 2.00 bits per heavy atom. The number of hydrogen-bond acceptors (Lipinski definition) is 4. The lowest BCUT2D eigenvalue weighted by Crippen LogP contribution is -2.47. The van der Waals surface area contributed by atoms with E-state index in [4.69, 9.17) is 9.47 Å². The molecule has 2 aromatic rings. The van der Waals surface area contributed by atoms with Crippen LogP contribution in [0.2, 0.25) is 0 Å². The first-order valence-electron chi connectivity index (χ1n) is 9.69. The summed E-state index contributed by atoms with van der Waals surface area (Å²) in [6, 6.07) is 16.0. The molecule has 0 aliphatic heterocycles. The molecule has 154 valence electrons. The average molecular weight is 406 g/mol. The van der Waals surface area contributed by atoms with Crippen LogP contribution in [0.1, 0.15) is 39.2 Å². The maximum Gasteiger partial charge on any atom is 0.127 e. The van der Waals surface area contributed by atoms with Crippen molar-refractivity contribution in [2.24, 2.45) is 5.92 Å². The van der Waals surface area contributed by atoms with Crippen molar-refractivity contribution in [1.29, 1.82) is 0 Å². The first kappa shape index (κ1) is 22.5. The van der Waals surface area contributed by atoms with E-state index in [1.165, 1.54) is 5.56 Å². The Labute approximate surface area is 174 Å². The smallest absolute Gasteiger partial charge is 0.127 e. The third-order valence-corrected chi connectivity index (χ3v) is 4.99. The van der Waals surface area contributed by atoms with Crippen molar-refractivity contribution in [2.75, 3.05) is 7.11 Å². The molecule has 1 aliphatic carbocycles. The highest BCUT2D eigenvalue weighted by molar-refractivity contribution is 5.85. The van der Waals surface area contributed by atoms with Gasteiger partial charge in [0, 0.05) is 11.6 Å². The molecule has 4 nitrogen and oxygen atoms in total. The second kappa shape index (κ2) is 9.64. The third kappa shape index (κ3) is 6.40. The van der Waals surface area contributed by atoms with Crippen molar-refractivity contribution >= 4 is 12.4 Å². The maximum atomic E-state index is 10.4. The van der Waals surface area contributed by atoms with Gasteiger partial charge in [-0.3, -0.25) is 0 Å². The molecular weight excluding hydrogens is 374 g/mol. The topological polar surface area (TPSA) is 50.7 Å². The van der Waals surface area contributed by atoms with E-state index in [9.17, 15) is 5.11 Å². The Bertz CT molecular complexity index is 725. The van der Waals surface area contributed by atoms with E-state index in [0.29, 0.717) is 5.92 Å². The number of benzene rings is 2. The third-order valence-electron chi connectivity index (χ3n) is 4.99. The Morgan fingerprint density at radius 2 is 1.46 bits per heavy atom. The molecule has 0 aromatic heterocycles. The molecule has 1 saturated carbocycles. The van der Waals surface area contributed by atoms with Crippen LogP contribution in [0.15, 0.2) is 48.5 Å². The molecule has 1 fully saturated rings. The SMILES string of the molecule is COc1ccc(Oc2ccc(CC3CC(O)C(NC(C)(C)C)C3)cc2)cc1.Cl. The number of methoxy groups -OCH3 is 1. The average Bonchev–Trinajstić information content (AvgIpc) is 2.94. The first-order chi connectivity index (χ1) is 12.8. The Morgan fingerprint density at radius 1 is 0.929 bits per heavy atom. The van der Waals surface area contributed by atoms with Crippen molar-refractivity contribution in [3.63, 3.8) is 0 Å². The molecule has 0 saturated heterocycles.